The van der Waals surface area contributed by atoms with E-state index in [4.69, 9.17) is 4.74 Å². The number of amides is 1. The van der Waals surface area contributed by atoms with Gasteiger partial charge in [-0.25, -0.2) is 9.97 Å². The summed E-state index contributed by atoms with van der Waals surface area (Å²) >= 11 is 0. The van der Waals surface area contributed by atoms with Crippen molar-refractivity contribution in [1.82, 2.24) is 24.6 Å². The van der Waals surface area contributed by atoms with E-state index in [9.17, 15) is 18.0 Å². The topological polar surface area (TPSA) is 76.4 Å². The monoisotopic (exact) mass is 486 g/mol. The lowest BCUT2D eigenvalue weighted by molar-refractivity contribution is -0.141. The number of aromatic nitrogens is 4. The smallest absolute Gasteiger partial charge is 0.373 e. The molecule has 2 aliphatic heterocycles. The first-order chi connectivity index (χ1) is 16.8. The van der Waals surface area contributed by atoms with Gasteiger partial charge in [0.15, 0.2) is 11.4 Å². The van der Waals surface area contributed by atoms with Crippen molar-refractivity contribution in [2.24, 2.45) is 0 Å². The van der Waals surface area contributed by atoms with Crippen molar-refractivity contribution in [3.05, 3.63) is 59.8 Å². The molecular formula is C24H25F3N6O2. The van der Waals surface area contributed by atoms with Gasteiger partial charge >= 0.3 is 6.18 Å². The zero-order valence-corrected chi connectivity index (χ0v) is 19.2. The fraction of sp³-hybridized carbons (Fsp3) is 0.417. The number of anilines is 1. The minimum Gasteiger partial charge on any atom is -0.373 e. The van der Waals surface area contributed by atoms with Crippen LogP contribution in [0.5, 0.6) is 0 Å². The maximum atomic E-state index is 13.8. The molecule has 35 heavy (non-hydrogen) atoms. The van der Waals surface area contributed by atoms with Crippen LogP contribution in [0.4, 0.5) is 19.0 Å². The van der Waals surface area contributed by atoms with Crippen molar-refractivity contribution in [2.45, 2.75) is 38.7 Å². The van der Waals surface area contributed by atoms with Crippen LogP contribution in [0.15, 0.2) is 42.7 Å². The number of ether oxygens (including phenoxy) is 1. The second-order valence-corrected chi connectivity index (χ2v) is 8.69. The number of halogens is 3. The SMILES string of the molecule is C[C@@H]1CCN(c2cnc(C(F)(F)F)cn2)CCN1C(=O)c1nn2c(c1-c1ccccc1)COCC2. The van der Waals surface area contributed by atoms with Crippen LogP contribution < -0.4 is 4.90 Å². The van der Waals surface area contributed by atoms with E-state index < -0.39 is 11.9 Å². The van der Waals surface area contributed by atoms with E-state index in [2.05, 4.69) is 15.1 Å². The highest BCUT2D eigenvalue weighted by Crippen LogP contribution is 2.32. The first-order valence-electron chi connectivity index (χ1n) is 11.5. The molecule has 0 radical (unpaired) electrons. The average molecular weight is 486 g/mol. The molecule has 4 heterocycles. The predicted molar refractivity (Wildman–Crippen MR) is 122 cm³/mol. The molecule has 0 spiro atoms. The van der Waals surface area contributed by atoms with Gasteiger partial charge in [0.05, 0.1) is 37.8 Å². The maximum Gasteiger partial charge on any atom is 0.434 e. The van der Waals surface area contributed by atoms with Gasteiger partial charge in [0.2, 0.25) is 0 Å². The van der Waals surface area contributed by atoms with Gasteiger partial charge < -0.3 is 14.5 Å². The zero-order chi connectivity index (χ0) is 24.6. The van der Waals surface area contributed by atoms with Crippen molar-refractivity contribution in [3.8, 4) is 11.1 Å². The first kappa shape index (κ1) is 23.3. The molecule has 2 aromatic heterocycles. The minimum absolute atomic E-state index is 0.0893. The number of fused-ring (bicyclic) bond motifs is 1. The Morgan fingerprint density at radius 3 is 2.57 bits per heavy atom. The van der Waals surface area contributed by atoms with Crippen LogP contribution in [0.3, 0.4) is 0 Å². The minimum atomic E-state index is -4.53. The van der Waals surface area contributed by atoms with Crippen molar-refractivity contribution < 1.29 is 22.7 Å². The van der Waals surface area contributed by atoms with Gasteiger partial charge in [-0.05, 0) is 18.9 Å². The molecule has 8 nitrogen and oxygen atoms in total. The summed E-state index contributed by atoms with van der Waals surface area (Å²) in [4.78, 5) is 25.0. The molecule has 0 aliphatic carbocycles. The summed E-state index contributed by atoms with van der Waals surface area (Å²) in [6.45, 7) is 4.84. The van der Waals surface area contributed by atoms with Crippen LogP contribution in [0.25, 0.3) is 11.1 Å². The van der Waals surface area contributed by atoms with E-state index in [0.29, 0.717) is 57.3 Å². The standard InChI is InChI=1S/C24H25F3N6O2/c1-16-7-8-31(20-14-28-19(13-29-20)24(25,26)27)9-10-32(16)23(34)22-21(17-5-3-2-4-6-17)18-15-35-12-11-33(18)30-22/h2-6,13-14,16H,7-12,15H2,1H3/t16-/m1/s1. The summed E-state index contributed by atoms with van der Waals surface area (Å²) in [6, 6.07) is 9.60. The maximum absolute atomic E-state index is 13.8. The second-order valence-electron chi connectivity index (χ2n) is 8.69. The van der Waals surface area contributed by atoms with Gasteiger partial charge in [-0.2, -0.15) is 18.3 Å². The largest absolute Gasteiger partial charge is 0.434 e. The van der Waals surface area contributed by atoms with Gasteiger partial charge in [-0.1, -0.05) is 30.3 Å². The summed E-state index contributed by atoms with van der Waals surface area (Å²) in [5.74, 6) is 0.192. The molecule has 0 unspecified atom stereocenters. The van der Waals surface area contributed by atoms with Crippen LogP contribution >= 0.6 is 0 Å². The lowest BCUT2D eigenvalue weighted by Gasteiger charge is -2.26. The third-order valence-corrected chi connectivity index (χ3v) is 6.48. The normalized spacial score (nSPS) is 18.8. The van der Waals surface area contributed by atoms with E-state index in [1.807, 2.05) is 46.8 Å². The van der Waals surface area contributed by atoms with Crippen LogP contribution in [0.1, 0.15) is 35.2 Å². The summed E-state index contributed by atoms with van der Waals surface area (Å²) in [5, 5.41) is 4.68. The molecule has 184 valence electrons. The van der Waals surface area contributed by atoms with Gasteiger partial charge in [-0.3, -0.25) is 9.48 Å². The van der Waals surface area contributed by atoms with Crippen molar-refractivity contribution in [3.63, 3.8) is 0 Å². The van der Waals surface area contributed by atoms with Crippen LogP contribution in [0, 0.1) is 0 Å². The van der Waals surface area contributed by atoms with E-state index in [-0.39, 0.29) is 11.9 Å². The molecule has 11 heteroatoms. The van der Waals surface area contributed by atoms with E-state index >= 15 is 0 Å². The molecule has 1 atom stereocenters. The second kappa shape index (κ2) is 9.29. The summed E-state index contributed by atoms with van der Waals surface area (Å²) in [6.07, 6.45) is -2.02. The number of nitrogens with zero attached hydrogens (tertiary/aromatic N) is 6. The van der Waals surface area contributed by atoms with Crippen LogP contribution in [0.2, 0.25) is 0 Å². The quantitative estimate of drug-likeness (QED) is 0.563. The molecular weight excluding hydrogens is 461 g/mol. The first-order valence-corrected chi connectivity index (χ1v) is 11.5. The van der Waals surface area contributed by atoms with E-state index in [1.165, 1.54) is 0 Å². The number of hydrogen-bond acceptors (Lipinski definition) is 6. The fourth-order valence-corrected chi connectivity index (χ4v) is 4.56. The Bertz CT molecular complexity index is 1200. The molecule has 3 aromatic rings. The summed E-state index contributed by atoms with van der Waals surface area (Å²) in [5.41, 5.74) is 1.95. The zero-order valence-electron chi connectivity index (χ0n) is 19.2. The molecule has 1 saturated heterocycles. The Morgan fingerprint density at radius 1 is 1.06 bits per heavy atom. The van der Waals surface area contributed by atoms with Crippen molar-refractivity contribution in [1.29, 1.82) is 0 Å². The molecule has 0 bridgehead atoms. The Morgan fingerprint density at radius 2 is 1.86 bits per heavy atom. The highest BCUT2D eigenvalue weighted by Gasteiger charge is 2.34. The third-order valence-electron chi connectivity index (χ3n) is 6.48. The Kier molecular flexibility index (Phi) is 6.18. The number of benzene rings is 1. The van der Waals surface area contributed by atoms with Crippen molar-refractivity contribution in [2.75, 3.05) is 31.1 Å². The van der Waals surface area contributed by atoms with E-state index in [0.717, 1.165) is 29.2 Å². The molecule has 1 fully saturated rings. The number of hydrogen-bond donors (Lipinski definition) is 0. The molecule has 5 rings (SSSR count). The average Bonchev–Trinajstić information content (AvgIpc) is 3.14. The van der Waals surface area contributed by atoms with Crippen LogP contribution in [-0.2, 0) is 24.1 Å². The predicted octanol–water partition coefficient (Wildman–Crippen LogP) is 3.63. The molecule has 0 saturated carbocycles. The molecule has 1 aromatic carbocycles. The number of alkyl halides is 3. The number of carbonyl (C=O) groups excluding carboxylic acids is 1. The molecule has 1 amide bonds. The summed E-state index contributed by atoms with van der Waals surface area (Å²) < 4.78 is 46.0. The Labute approximate surface area is 200 Å². The van der Waals surface area contributed by atoms with Crippen molar-refractivity contribution >= 4 is 11.7 Å². The molecule has 0 N–H and O–H groups in total. The summed E-state index contributed by atoms with van der Waals surface area (Å²) in [7, 11) is 0. The number of rotatable bonds is 3. The van der Waals surface area contributed by atoms with Crippen LogP contribution in [-0.4, -0.2) is 62.8 Å². The lowest BCUT2D eigenvalue weighted by Crippen LogP contribution is -2.40. The molecule has 2 aliphatic rings. The fourth-order valence-electron chi connectivity index (χ4n) is 4.56. The van der Waals surface area contributed by atoms with E-state index in [1.54, 1.807) is 4.90 Å². The highest BCUT2D eigenvalue weighted by atomic mass is 19.4. The Balaban J connectivity index is 1.40. The highest BCUT2D eigenvalue weighted by molar-refractivity contribution is 6.00. The van der Waals surface area contributed by atoms with Gasteiger partial charge in [0.25, 0.3) is 5.91 Å². The van der Waals surface area contributed by atoms with Gasteiger partial charge in [0, 0.05) is 31.2 Å². The lowest BCUT2D eigenvalue weighted by atomic mass is 10.0. The number of carbonyl (C=O) groups is 1. The third kappa shape index (κ3) is 4.60. The van der Waals surface area contributed by atoms with Gasteiger partial charge in [0.1, 0.15) is 5.82 Å². The van der Waals surface area contributed by atoms with Gasteiger partial charge in [-0.15, -0.1) is 0 Å². The Hall–Kier alpha value is -3.47.